The van der Waals surface area contributed by atoms with E-state index in [4.69, 9.17) is 4.74 Å². The average Bonchev–Trinajstić information content (AvgIpc) is 3.02. The Morgan fingerprint density at radius 2 is 1.87 bits per heavy atom. The fourth-order valence-electron chi connectivity index (χ4n) is 3.05. The molecule has 2 rings (SSSR count). The van der Waals surface area contributed by atoms with E-state index in [1.54, 1.807) is 20.8 Å². The molecule has 0 spiro atoms. The van der Waals surface area contributed by atoms with Gasteiger partial charge in [-0.25, -0.2) is 22.7 Å². The minimum Gasteiger partial charge on any atom is -0.465 e. The second-order valence-electron chi connectivity index (χ2n) is 7.93. The van der Waals surface area contributed by atoms with Crippen LogP contribution in [-0.4, -0.2) is 63.3 Å². The maximum absolute atomic E-state index is 12.6. The first-order valence-electron chi connectivity index (χ1n) is 9.30. The number of hydrogen-bond acceptors (Lipinski definition) is 7. The Bertz CT molecular complexity index is 878. The summed E-state index contributed by atoms with van der Waals surface area (Å²) in [5.74, 6) is -0.812. The van der Waals surface area contributed by atoms with Crippen LogP contribution < -0.4 is 10.0 Å². The van der Waals surface area contributed by atoms with Crippen molar-refractivity contribution in [2.75, 3.05) is 13.7 Å². The summed E-state index contributed by atoms with van der Waals surface area (Å²) in [6.07, 6.45) is -0.647. The predicted octanol–water partition coefficient (Wildman–Crippen LogP) is 0.974. The molecule has 1 aromatic rings. The summed E-state index contributed by atoms with van der Waals surface area (Å²) in [5, 5.41) is 2.51. The highest BCUT2D eigenvalue weighted by Crippen LogP contribution is 2.21. The molecule has 2 atom stereocenters. The van der Waals surface area contributed by atoms with E-state index in [2.05, 4.69) is 14.8 Å². The molecule has 11 heteroatoms. The zero-order chi connectivity index (χ0) is 22.5. The molecular weight excluding hydrogens is 414 g/mol. The highest BCUT2D eigenvalue weighted by atomic mass is 32.2. The van der Waals surface area contributed by atoms with Gasteiger partial charge in [0, 0.05) is 19.0 Å². The van der Waals surface area contributed by atoms with E-state index >= 15 is 0 Å². The SMILES string of the molecule is COC(=O)c1ccc(CS(=O)(=O)N[C@@H]2C[C@@H](NC=O)N(C(=O)OC(C)(C)C)C2)cc1. The van der Waals surface area contributed by atoms with Crippen LogP contribution in [0.1, 0.15) is 43.1 Å². The van der Waals surface area contributed by atoms with Crippen LogP contribution in [0.4, 0.5) is 4.79 Å². The quantitative estimate of drug-likeness (QED) is 0.476. The first-order valence-corrected chi connectivity index (χ1v) is 11.0. The lowest BCUT2D eigenvalue weighted by Crippen LogP contribution is -2.46. The van der Waals surface area contributed by atoms with Crippen LogP contribution in [0, 0.1) is 0 Å². The van der Waals surface area contributed by atoms with E-state index in [1.807, 2.05) is 0 Å². The van der Waals surface area contributed by atoms with Crippen LogP contribution in [-0.2, 0) is 30.0 Å². The van der Waals surface area contributed by atoms with Gasteiger partial charge in [-0.1, -0.05) is 12.1 Å². The number of rotatable bonds is 7. The molecule has 1 aliphatic heterocycles. The van der Waals surface area contributed by atoms with Gasteiger partial charge in [-0.3, -0.25) is 9.69 Å². The minimum absolute atomic E-state index is 0.0565. The van der Waals surface area contributed by atoms with Crippen LogP contribution in [0.25, 0.3) is 0 Å². The number of nitrogens with zero attached hydrogens (tertiary/aromatic N) is 1. The molecule has 1 aliphatic rings. The summed E-state index contributed by atoms with van der Waals surface area (Å²) < 4.78 is 37.7. The van der Waals surface area contributed by atoms with Crippen molar-refractivity contribution in [2.45, 2.75) is 50.8 Å². The van der Waals surface area contributed by atoms with Crippen LogP contribution in [0.3, 0.4) is 0 Å². The van der Waals surface area contributed by atoms with E-state index in [1.165, 1.54) is 36.3 Å². The predicted molar refractivity (Wildman–Crippen MR) is 108 cm³/mol. The lowest BCUT2D eigenvalue weighted by Gasteiger charge is -2.28. The third-order valence-electron chi connectivity index (χ3n) is 4.27. The Balaban J connectivity index is 2.04. The molecule has 0 saturated carbocycles. The van der Waals surface area contributed by atoms with Gasteiger partial charge in [-0.05, 0) is 38.5 Å². The van der Waals surface area contributed by atoms with Crippen molar-refractivity contribution in [2.24, 2.45) is 0 Å². The second kappa shape index (κ2) is 9.43. The normalized spacial score (nSPS) is 19.3. The average molecular weight is 442 g/mol. The van der Waals surface area contributed by atoms with Crippen molar-refractivity contribution >= 4 is 28.5 Å². The Morgan fingerprint density at radius 3 is 2.40 bits per heavy atom. The van der Waals surface area contributed by atoms with Gasteiger partial charge in [0.1, 0.15) is 11.8 Å². The number of carbonyl (C=O) groups excluding carboxylic acids is 3. The number of benzene rings is 1. The zero-order valence-corrected chi connectivity index (χ0v) is 18.2. The minimum atomic E-state index is -3.74. The van der Waals surface area contributed by atoms with Crippen LogP contribution in [0.15, 0.2) is 24.3 Å². The molecule has 166 valence electrons. The van der Waals surface area contributed by atoms with Gasteiger partial charge in [0.2, 0.25) is 16.4 Å². The summed E-state index contributed by atoms with van der Waals surface area (Å²) in [6, 6.07) is 5.45. The molecule has 1 aromatic carbocycles. The molecular formula is C19H27N3O7S. The first kappa shape index (κ1) is 23.6. The van der Waals surface area contributed by atoms with E-state index in [-0.39, 0.29) is 18.7 Å². The van der Waals surface area contributed by atoms with Crippen LogP contribution in [0.2, 0.25) is 0 Å². The highest BCUT2D eigenvalue weighted by molar-refractivity contribution is 7.88. The van der Waals surface area contributed by atoms with Crippen molar-refractivity contribution in [3.63, 3.8) is 0 Å². The number of nitrogens with one attached hydrogen (secondary N) is 2. The monoisotopic (exact) mass is 441 g/mol. The molecule has 1 heterocycles. The van der Waals surface area contributed by atoms with Crippen LogP contribution >= 0.6 is 0 Å². The zero-order valence-electron chi connectivity index (χ0n) is 17.4. The molecule has 10 nitrogen and oxygen atoms in total. The Hall–Kier alpha value is -2.66. The number of likely N-dealkylation sites (tertiary alicyclic amines) is 1. The second-order valence-corrected chi connectivity index (χ2v) is 9.68. The van der Waals surface area contributed by atoms with E-state index < -0.39 is 39.9 Å². The maximum Gasteiger partial charge on any atom is 0.411 e. The molecule has 0 aliphatic carbocycles. The molecule has 1 fully saturated rings. The van der Waals surface area contributed by atoms with E-state index in [0.717, 1.165) is 0 Å². The van der Waals surface area contributed by atoms with Crippen molar-refractivity contribution < 1.29 is 32.3 Å². The number of methoxy groups -OCH3 is 1. The summed E-state index contributed by atoms with van der Waals surface area (Å²) in [5.41, 5.74) is 0.0782. The summed E-state index contributed by atoms with van der Waals surface area (Å²) in [4.78, 5) is 36.0. The number of esters is 1. The first-order chi connectivity index (χ1) is 13.9. The molecule has 0 aromatic heterocycles. The lowest BCUT2D eigenvalue weighted by atomic mass is 10.1. The fourth-order valence-corrected chi connectivity index (χ4v) is 4.44. The molecule has 30 heavy (non-hydrogen) atoms. The molecule has 0 unspecified atom stereocenters. The van der Waals surface area contributed by atoms with Crippen molar-refractivity contribution in [1.82, 2.24) is 14.9 Å². The molecule has 1 saturated heterocycles. The van der Waals surface area contributed by atoms with Gasteiger partial charge < -0.3 is 14.8 Å². The van der Waals surface area contributed by atoms with Gasteiger partial charge in [-0.2, -0.15) is 0 Å². The molecule has 0 radical (unpaired) electrons. The Labute approximate surface area is 176 Å². The van der Waals surface area contributed by atoms with Crippen molar-refractivity contribution in [3.05, 3.63) is 35.4 Å². The Kier molecular flexibility index (Phi) is 7.43. The standard InChI is InChI=1S/C19H27N3O7S/c1-19(2,3)29-18(25)22-10-15(9-16(22)20-12-23)21-30(26,27)11-13-5-7-14(8-6-13)17(24)28-4/h5-8,12,15-16,21H,9-11H2,1-4H3,(H,20,23)/t15-,16+/m1/s1. The number of ether oxygens (including phenoxy) is 2. The van der Waals surface area contributed by atoms with Gasteiger partial charge in [0.05, 0.1) is 18.4 Å². The molecule has 2 amide bonds. The van der Waals surface area contributed by atoms with Gasteiger partial charge in [-0.15, -0.1) is 0 Å². The van der Waals surface area contributed by atoms with Crippen molar-refractivity contribution in [1.29, 1.82) is 0 Å². The smallest absolute Gasteiger partial charge is 0.411 e. The highest BCUT2D eigenvalue weighted by Gasteiger charge is 2.39. The Morgan fingerprint density at radius 1 is 1.23 bits per heavy atom. The molecule has 2 N–H and O–H groups in total. The number of hydrogen-bond donors (Lipinski definition) is 2. The third-order valence-corrected chi connectivity index (χ3v) is 5.67. The van der Waals surface area contributed by atoms with E-state index in [9.17, 15) is 22.8 Å². The van der Waals surface area contributed by atoms with Gasteiger partial charge >= 0.3 is 12.1 Å². The maximum atomic E-state index is 12.6. The largest absolute Gasteiger partial charge is 0.465 e. The third kappa shape index (κ3) is 6.70. The summed E-state index contributed by atoms with van der Waals surface area (Å²) in [6.45, 7) is 5.21. The number of amides is 2. The van der Waals surface area contributed by atoms with Gasteiger partial charge in [0.25, 0.3) is 0 Å². The lowest BCUT2D eigenvalue weighted by molar-refractivity contribution is -0.110. The number of carbonyl (C=O) groups is 3. The molecule has 0 bridgehead atoms. The van der Waals surface area contributed by atoms with Gasteiger partial charge in [0.15, 0.2) is 0 Å². The summed E-state index contributed by atoms with van der Waals surface area (Å²) in [7, 11) is -2.48. The number of sulfonamides is 1. The van der Waals surface area contributed by atoms with E-state index in [0.29, 0.717) is 17.5 Å². The summed E-state index contributed by atoms with van der Waals surface area (Å²) >= 11 is 0. The van der Waals surface area contributed by atoms with Crippen molar-refractivity contribution in [3.8, 4) is 0 Å². The topological polar surface area (TPSA) is 131 Å². The fraction of sp³-hybridized carbons (Fsp3) is 0.526. The van der Waals surface area contributed by atoms with Crippen LogP contribution in [0.5, 0.6) is 0 Å².